The zero-order valence-electron chi connectivity index (χ0n) is 17.7. The molecule has 0 aliphatic heterocycles. The lowest BCUT2D eigenvalue weighted by molar-refractivity contribution is 0.586. The smallest absolute Gasteiger partial charge is 0.304 e. The van der Waals surface area contributed by atoms with Crippen LogP contribution in [-0.2, 0) is 25.3 Å². The molecule has 0 aliphatic rings. The molecule has 166 valence electrons. The van der Waals surface area contributed by atoms with E-state index in [1.807, 2.05) is 42.5 Å². The zero-order chi connectivity index (χ0) is 22.6. The molecule has 0 amide bonds. The lowest BCUT2D eigenvalue weighted by Gasteiger charge is -2.11. The highest BCUT2D eigenvalue weighted by Gasteiger charge is 2.16. The quantitative estimate of drug-likeness (QED) is 0.282. The first-order chi connectivity index (χ1) is 16.2. The number of para-hydroxylation sites is 1. The number of thioether (sulfide) groups is 1. The van der Waals surface area contributed by atoms with Crippen LogP contribution in [0.25, 0.3) is 10.2 Å². The van der Waals surface area contributed by atoms with Crippen LogP contribution in [0.5, 0.6) is 0 Å². The minimum Gasteiger partial charge on any atom is -0.304 e. The average molecular weight is 477 g/mol. The normalized spacial score (nSPS) is 11.3. The molecule has 0 spiro atoms. The second-order valence-corrected chi connectivity index (χ2v) is 9.56. The molecule has 0 fully saturated rings. The number of hydrogen-bond acceptors (Lipinski definition) is 5. The highest BCUT2D eigenvalue weighted by Crippen LogP contribution is 2.24. The standard InChI is InChI=1S/C25H21FN4OS2/c26-20-12-10-19(11-13-20)17-32-24-28-27-23(29(24)15-14-18-6-2-1-3-7-18)16-30-21-8-4-5-9-22(21)33-25(30)31/h1-13H,14-17H2. The highest BCUT2D eigenvalue weighted by atomic mass is 32.2. The number of nitrogens with zero attached hydrogens (tertiary/aromatic N) is 4. The van der Waals surface area contributed by atoms with Crippen molar-refractivity contribution < 1.29 is 4.39 Å². The first kappa shape index (κ1) is 21.6. The Balaban J connectivity index is 1.43. The van der Waals surface area contributed by atoms with E-state index in [4.69, 9.17) is 0 Å². The molecule has 0 bridgehead atoms. The fraction of sp³-hybridized carbons (Fsp3) is 0.160. The van der Waals surface area contributed by atoms with Crippen molar-refractivity contribution in [3.05, 3.63) is 111 Å². The molecule has 5 rings (SSSR count). The van der Waals surface area contributed by atoms with Gasteiger partial charge in [0.15, 0.2) is 11.0 Å². The van der Waals surface area contributed by atoms with E-state index in [9.17, 15) is 9.18 Å². The van der Waals surface area contributed by atoms with Crippen molar-refractivity contribution in [2.75, 3.05) is 0 Å². The average Bonchev–Trinajstić information content (AvgIpc) is 3.38. The van der Waals surface area contributed by atoms with E-state index in [-0.39, 0.29) is 10.7 Å². The second kappa shape index (κ2) is 9.72. The molecule has 3 aromatic carbocycles. The van der Waals surface area contributed by atoms with Gasteiger partial charge in [-0.1, -0.05) is 77.7 Å². The number of fused-ring (bicyclic) bond motifs is 1. The third-order valence-electron chi connectivity index (χ3n) is 5.41. The van der Waals surface area contributed by atoms with Crippen LogP contribution in [0, 0.1) is 5.82 Å². The topological polar surface area (TPSA) is 52.7 Å². The number of halogens is 1. The Kier molecular flexibility index (Phi) is 6.37. The summed E-state index contributed by atoms with van der Waals surface area (Å²) in [5.74, 6) is 1.16. The SMILES string of the molecule is O=c1sc2ccccc2n1Cc1nnc(SCc2ccc(F)cc2)n1CCc1ccccc1. The summed E-state index contributed by atoms with van der Waals surface area (Å²) in [6, 6.07) is 24.6. The second-order valence-electron chi connectivity index (χ2n) is 7.62. The third-order valence-corrected chi connectivity index (χ3v) is 7.41. The Bertz CT molecular complexity index is 1420. The van der Waals surface area contributed by atoms with E-state index < -0.39 is 0 Å². The molecule has 0 saturated carbocycles. The van der Waals surface area contributed by atoms with E-state index in [0.717, 1.165) is 33.2 Å². The molecule has 0 unspecified atom stereocenters. The van der Waals surface area contributed by atoms with E-state index in [1.54, 1.807) is 28.5 Å². The Morgan fingerprint density at radius 3 is 2.42 bits per heavy atom. The molecule has 33 heavy (non-hydrogen) atoms. The van der Waals surface area contributed by atoms with Crippen molar-refractivity contribution in [2.45, 2.75) is 30.4 Å². The van der Waals surface area contributed by atoms with Gasteiger partial charge in [-0.05, 0) is 41.8 Å². The van der Waals surface area contributed by atoms with E-state index in [1.165, 1.54) is 29.0 Å². The van der Waals surface area contributed by atoms with Crippen LogP contribution in [-0.4, -0.2) is 19.3 Å². The molecular formula is C25H21FN4OS2. The molecule has 0 atom stereocenters. The number of aromatic nitrogens is 4. The van der Waals surface area contributed by atoms with Crippen LogP contribution in [0.15, 0.2) is 88.8 Å². The molecule has 0 radical (unpaired) electrons. The van der Waals surface area contributed by atoms with Gasteiger partial charge < -0.3 is 4.57 Å². The summed E-state index contributed by atoms with van der Waals surface area (Å²) in [6.45, 7) is 1.07. The van der Waals surface area contributed by atoms with Crippen LogP contribution < -0.4 is 4.87 Å². The molecule has 5 aromatic rings. The maximum Gasteiger partial charge on any atom is 0.308 e. The van der Waals surface area contributed by atoms with Crippen LogP contribution >= 0.6 is 23.1 Å². The van der Waals surface area contributed by atoms with Gasteiger partial charge >= 0.3 is 4.87 Å². The minimum atomic E-state index is -0.245. The van der Waals surface area contributed by atoms with Crippen molar-refractivity contribution in [1.29, 1.82) is 0 Å². The van der Waals surface area contributed by atoms with Crippen LogP contribution in [0.2, 0.25) is 0 Å². The van der Waals surface area contributed by atoms with Crippen LogP contribution in [0.3, 0.4) is 0 Å². The Hall–Kier alpha value is -3.23. The lowest BCUT2D eigenvalue weighted by atomic mass is 10.1. The molecule has 0 aliphatic carbocycles. The third kappa shape index (κ3) is 4.91. The molecule has 8 heteroatoms. The Labute approximate surface area is 198 Å². The lowest BCUT2D eigenvalue weighted by Crippen LogP contribution is -2.18. The van der Waals surface area contributed by atoms with Crippen molar-refractivity contribution in [3.8, 4) is 0 Å². The molecule has 5 nitrogen and oxygen atoms in total. The van der Waals surface area contributed by atoms with Crippen molar-refractivity contribution in [2.24, 2.45) is 0 Å². The molecule has 2 heterocycles. The van der Waals surface area contributed by atoms with Gasteiger partial charge in [0, 0.05) is 12.3 Å². The number of benzene rings is 3. The fourth-order valence-corrected chi connectivity index (χ4v) is 5.52. The van der Waals surface area contributed by atoms with Crippen molar-refractivity contribution >= 4 is 33.3 Å². The van der Waals surface area contributed by atoms with E-state index in [0.29, 0.717) is 18.8 Å². The van der Waals surface area contributed by atoms with Gasteiger partial charge in [-0.25, -0.2) is 4.39 Å². The van der Waals surface area contributed by atoms with E-state index in [2.05, 4.69) is 26.9 Å². The molecule has 0 saturated heterocycles. The van der Waals surface area contributed by atoms with Gasteiger partial charge in [0.05, 0.1) is 16.8 Å². The maximum atomic E-state index is 13.2. The molecule has 2 aromatic heterocycles. The van der Waals surface area contributed by atoms with Gasteiger partial charge in [-0.15, -0.1) is 10.2 Å². The highest BCUT2D eigenvalue weighted by molar-refractivity contribution is 7.98. The number of thiazole rings is 1. The van der Waals surface area contributed by atoms with Gasteiger partial charge in [0.2, 0.25) is 0 Å². The monoisotopic (exact) mass is 476 g/mol. The molecule has 0 N–H and O–H groups in total. The first-order valence-electron chi connectivity index (χ1n) is 10.6. The number of hydrogen-bond donors (Lipinski definition) is 0. The Morgan fingerprint density at radius 2 is 1.61 bits per heavy atom. The van der Waals surface area contributed by atoms with E-state index >= 15 is 0 Å². The first-order valence-corrected chi connectivity index (χ1v) is 12.4. The number of rotatable bonds is 8. The predicted molar refractivity (Wildman–Crippen MR) is 131 cm³/mol. The van der Waals surface area contributed by atoms with Gasteiger partial charge in [0.1, 0.15) is 5.82 Å². The Morgan fingerprint density at radius 1 is 0.848 bits per heavy atom. The predicted octanol–water partition coefficient (Wildman–Crippen LogP) is 5.38. The summed E-state index contributed by atoms with van der Waals surface area (Å²) in [4.78, 5) is 12.7. The largest absolute Gasteiger partial charge is 0.308 e. The summed E-state index contributed by atoms with van der Waals surface area (Å²) < 4.78 is 18.1. The van der Waals surface area contributed by atoms with Gasteiger partial charge in [0.25, 0.3) is 0 Å². The summed E-state index contributed by atoms with van der Waals surface area (Å²) in [7, 11) is 0. The maximum absolute atomic E-state index is 13.2. The molecular weight excluding hydrogens is 455 g/mol. The number of aryl methyl sites for hydroxylation is 1. The fourth-order valence-electron chi connectivity index (χ4n) is 3.69. The summed E-state index contributed by atoms with van der Waals surface area (Å²) in [5, 5.41) is 9.69. The van der Waals surface area contributed by atoms with Gasteiger partial charge in [-0.3, -0.25) is 9.36 Å². The zero-order valence-corrected chi connectivity index (χ0v) is 19.4. The summed E-state index contributed by atoms with van der Waals surface area (Å²) in [6.07, 6.45) is 0.829. The minimum absolute atomic E-state index is 0.00525. The summed E-state index contributed by atoms with van der Waals surface area (Å²) >= 11 is 2.81. The summed E-state index contributed by atoms with van der Waals surface area (Å²) in [5.41, 5.74) is 3.15. The van der Waals surface area contributed by atoms with Crippen LogP contribution in [0.4, 0.5) is 4.39 Å². The van der Waals surface area contributed by atoms with Crippen LogP contribution in [0.1, 0.15) is 17.0 Å². The van der Waals surface area contributed by atoms with Crippen molar-refractivity contribution in [3.63, 3.8) is 0 Å². The van der Waals surface area contributed by atoms with Crippen molar-refractivity contribution in [1.82, 2.24) is 19.3 Å². The van der Waals surface area contributed by atoms with Gasteiger partial charge in [-0.2, -0.15) is 0 Å².